The molecule has 0 unspecified atom stereocenters. The van der Waals surface area contributed by atoms with Gasteiger partial charge in [0.05, 0.1) is 11.3 Å². The van der Waals surface area contributed by atoms with Crippen molar-refractivity contribution in [2.24, 2.45) is 0 Å². The van der Waals surface area contributed by atoms with E-state index in [1.54, 1.807) is 0 Å². The number of halogens is 6. The molecular weight excluding hydrogens is 398 g/mol. The van der Waals surface area contributed by atoms with Gasteiger partial charge in [0.25, 0.3) is 5.91 Å². The van der Waals surface area contributed by atoms with E-state index in [1.807, 2.05) is 0 Å². The van der Waals surface area contributed by atoms with Gasteiger partial charge >= 0.3 is 6.18 Å². The van der Waals surface area contributed by atoms with Crippen LogP contribution in [-0.2, 0) is 6.18 Å². The fraction of sp³-hybridized carbons (Fsp3) is 0.0500. The lowest BCUT2D eigenvalue weighted by Crippen LogP contribution is -2.15. The Hall–Kier alpha value is -3.49. The molecule has 0 spiro atoms. The number of carbonyl (C=O) groups excluding carboxylic acids is 1. The van der Waals surface area contributed by atoms with Crippen molar-refractivity contribution >= 4 is 23.0 Å². The van der Waals surface area contributed by atoms with Crippen molar-refractivity contribution in [2.75, 3.05) is 10.6 Å². The fourth-order valence-electron chi connectivity index (χ4n) is 2.57. The Balaban J connectivity index is 1.78. The van der Waals surface area contributed by atoms with Crippen molar-refractivity contribution in [2.45, 2.75) is 6.18 Å². The minimum Gasteiger partial charge on any atom is -0.355 e. The third-order valence-electron chi connectivity index (χ3n) is 3.90. The zero-order valence-corrected chi connectivity index (χ0v) is 14.4. The molecule has 0 saturated carbocycles. The summed E-state index contributed by atoms with van der Waals surface area (Å²) in [5.74, 6) is -3.94. The Labute approximate surface area is 161 Å². The molecule has 0 atom stereocenters. The molecular formula is C20H12F6N2O. The highest BCUT2D eigenvalue weighted by Gasteiger charge is 2.33. The molecule has 0 aromatic heterocycles. The van der Waals surface area contributed by atoms with Gasteiger partial charge in [0.1, 0.15) is 23.0 Å². The van der Waals surface area contributed by atoms with E-state index >= 15 is 0 Å². The predicted molar refractivity (Wildman–Crippen MR) is 95.4 cm³/mol. The quantitative estimate of drug-likeness (QED) is 0.509. The largest absolute Gasteiger partial charge is 0.418 e. The van der Waals surface area contributed by atoms with Crippen LogP contribution in [0.2, 0.25) is 0 Å². The minimum absolute atomic E-state index is 0.151. The second kappa shape index (κ2) is 7.86. The molecule has 0 fully saturated rings. The van der Waals surface area contributed by atoms with E-state index in [0.717, 1.165) is 18.2 Å². The smallest absolute Gasteiger partial charge is 0.355 e. The number of alkyl halides is 3. The summed E-state index contributed by atoms with van der Waals surface area (Å²) in [4.78, 5) is 12.1. The molecule has 0 bridgehead atoms. The standard InChI is InChI=1S/C20H12F6N2O/c21-11-4-9-14(20(24,25)26)17(10-11)27-12-5-7-13(8-6-12)28-19(29)18-15(22)2-1-3-16(18)23/h1-10,27H,(H,28,29). The van der Waals surface area contributed by atoms with Gasteiger partial charge in [0, 0.05) is 11.4 Å². The number of hydrogen-bond donors (Lipinski definition) is 2. The summed E-state index contributed by atoms with van der Waals surface area (Å²) in [7, 11) is 0. The molecule has 2 N–H and O–H groups in total. The fourth-order valence-corrected chi connectivity index (χ4v) is 2.57. The van der Waals surface area contributed by atoms with Crippen LogP contribution in [0.3, 0.4) is 0 Å². The van der Waals surface area contributed by atoms with E-state index in [4.69, 9.17) is 0 Å². The van der Waals surface area contributed by atoms with Crippen molar-refractivity contribution in [3.05, 3.63) is 89.2 Å². The van der Waals surface area contributed by atoms with Gasteiger partial charge in [-0.3, -0.25) is 4.79 Å². The third kappa shape index (κ3) is 4.68. The van der Waals surface area contributed by atoms with Crippen LogP contribution in [0.25, 0.3) is 0 Å². The Bertz CT molecular complexity index is 1030. The first-order valence-corrected chi connectivity index (χ1v) is 8.14. The molecule has 1 amide bonds. The molecule has 3 aromatic rings. The van der Waals surface area contributed by atoms with E-state index in [1.165, 1.54) is 24.3 Å². The molecule has 0 saturated heterocycles. The number of anilines is 3. The second-order valence-corrected chi connectivity index (χ2v) is 5.94. The van der Waals surface area contributed by atoms with Crippen LogP contribution < -0.4 is 10.6 Å². The first kappa shape index (κ1) is 20.2. The van der Waals surface area contributed by atoms with E-state index < -0.39 is 46.3 Å². The molecule has 3 nitrogen and oxygen atoms in total. The summed E-state index contributed by atoms with van der Waals surface area (Å²) in [6.07, 6.45) is -4.69. The average Bonchev–Trinajstić information content (AvgIpc) is 2.62. The van der Waals surface area contributed by atoms with Gasteiger partial charge in [-0.1, -0.05) is 6.07 Å². The number of rotatable bonds is 4. The summed E-state index contributed by atoms with van der Waals surface area (Å²) in [5.41, 5.74) is -1.96. The minimum atomic E-state index is -4.69. The van der Waals surface area contributed by atoms with E-state index in [2.05, 4.69) is 10.6 Å². The summed E-state index contributed by atoms with van der Waals surface area (Å²) < 4.78 is 79.8. The van der Waals surface area contributed by atoms with Crippen LogP contribution in [0.5, 0.6) is 0 Å². The normalized spacial score (nSPS) is 11.2. The first-order valence-electron chi connectivity index (χ1n) is 8.14. The van der Waals surface area contributed by atoms with Crippen LogP contribution in [0.1, 0.15) is 15.9 Å². The van der Waals surface area contributed by atoms with Gasteiger partial charge in [-0.25, -0.2) is 13.2 Å². The summed E-state index contributed by atoms with van der Waals surface area (Å²) in [6.45, 7) is 0. The summed E-state index contributed by atoms with van der Waals surface area (Å²) >= 11 is 0. The SMILES string of the molecule is O=C(Nc1ccc(Nc2cc(F)ccc2C(F)(F)F)cc1)c1c(F)cccc1F. The Morgan fingerprint density at radius 1 is 0.793 bits per heavy atom. The summed E-state index contributed by atoms with van der Waals surface area (Å²) in [6, 6.07) is 10.3. The highest BCUT2D eigenvalue weighted by atomic mass is 19.4. The molecule has 0 aliphatic carbocycles. The molecule has 0 radical (unpaired) electrons. The van der Waals surface area contributed by atoms with Crippen molar-refractivity contribution < 1.29 is 31.1 Å². The molecule has 3 aromatic carbocycles. The molecule has 3 rings (SSSR count). The van der Waals surface area contributed by atoms with Gasteiger partial charge in [-0.05, 0) is 54.6 Å². The van der Waals surface area contributed by atoms with Crippen molar-refractivity contribution in [1.29, 1.82) is 0 Å². The Kier molecular flexibility index (Phi) is 5.49. The average molecular weight is 410 g/mol. The molecule has 150 valence electrons. The lowest BCUT2D eigenvalue weighted by atomic mass is 10.1. The maximum Gasteiger partial charge on any atom is 0.418 e. The third-order valence-corrected chi connectivity index (χ3v) is 3.90. The van der Waals surface area contributed by atoms with Gasteiger partial charge in [-0.2, -0.15) is 13.2 Å². The number of benzene rings is 3. The maximum atomic E-state index is 13.6. The number of nitrogens with one attached hydrogen (secondary N) is 2. The van der Waals surface area contributed by atoms with E-state index in [-0.39, 0.29) is 11.4 Å². The van der Waals surface area contributed by atoms with Crippen LogP contribution in [0, 0.1) is 17.5 Å². The van der Waals surface area contributed by atoms with Crippen molar-refractivity contribution in [3.8, 4) is 0 Å². The van der Waals surface area contributed by atoms with E-state index in [9.17, 15) is 31.1 Å². The first-order chi connectivity index (χ1) is 13.6. The highest BCUT2D eigenvalue weighted by Crippen LogP contribution is 2.36. The lowest BCUT2D eigenvalue weighted by Gasteiger charge is -2.15. The molecule has 0 heterocycles. The maximum absolute atomic E-state index is 13.6. The molecule has 9 heteroatoms. The van der Waals surface area contributed by atoms with Gasteiger partial charge < -0.3 is 10.6 Å². The van der Waals surface area contributed by atoms with Crippen LogP contribution in [-0.4, -0.2) is 5.91 Å². The number of carbonyl (C=O) groups is 1. The zero-order chi connectivity index (χ0) is 21.2. The predicted octanol–water partition coefficient (Wildman–Crippen LogP) is 6.12. The Morgan fingerprint density at radius 3 is 1.97 bits per heavy atom. The van der Waals surface area contributed by atoms with Crippen molar-refractivity contribution in [1.82, 2.24) is 0 Å². The van der Waals surface area contributed by atoms with E-state index in [0.29, 0.717) is 18.2 Å². The van der Waals surface area contributed by atoms with Crippen LogP contribution in [0.15, 0.2) is 60.7 Å². The number of hydrogen-bond acceptors (Lipinski definition) is 2. The van der Waals surface area contributed by atoms with Gasteiger partial charge in [0.2, 0.25) is 0 Å². The second-order valence-electron chi connectivity index (χ2n) is 5.94. The van der Waals surface area contributed by atoms with Gasteiger partial charge in [-0.15, -0.1) is 0 Å². The lowest BCUT2D eigenvalue weighted by molar-refractivity contribution is -0.136. The zero-order valence-electron chi connectivity index (χ0n) is 14.4. The molecule has 0 aliphatic rings. The molecule has 0 aliphatic heterocycles. The topological polar surface area (TPSA) is 41.1 Å². The van der Waals surface area contributed by atoms with Gasteiger partial charge in [0.15, 0.2) is 0 Å². The Morgan fingerprint density at radius 2 is 1.38 bits per heavy atom. The number of amides is 1. The van der Waals surface area contributed by atoms with Crippen LogP contribution in [0.4, 0.5) is 43.4 Å². The van der Waals surface area contributed by atoms with Crippen LogP contribution >= 0.6 is 0 Å². The highest BCUT2D eigenvalue weighted by molar-refractivity contribution is 6.04. The van der Waals surface area contributed by atoms with Crippen molar-refractivity contribution in [3.63, 3.8) is 0 Å². The monoisotopic (exact) mass is 410 g/mol. The molecule has 29 heavy (non-hydrogen) atoms. The summed E-state index contributed by atoms with van der Waals surface area (Å²) in [5, 5.41) is 4.75.